The Balaban J connectivity index is 1.80. The zero-order valence-corrected chi connectivity index (χ0v) is 18.7. The van der Waals surface area contributed by atoms with Gasteiger partial charge in [0.25, 0.3) is 5.91 Å². The summed E-state index contributed by atoms with van der Waals surface area (Å²) >= 11 is 2.10. The first-order valence-electron chi connectivity index (χ1n) is 9.12. The minimum atomic E-state index is -0.988. The largest absolute Gasteiger partial charge is 0.493 e. The van der Waals surface area contributed by atoms with Crippen LogP contribution in [0.5, 0.6) is 11.5 Å². The molecule has 1 aliphatic heterocycles. The van der Waals surface area contributed by atoms with E-state index in [0.717, 1.165) is 14.0 Å². The summed E-state index contributed by atoms with van der Waals surface area (Å²) in [5, 5.41) is 11.5. The summed E-state index contributed by atoms with van der Waals surface area (Å²) < 4.78 is 12.1. The van der Waals surface area contributed by atoms with Crippen LogP contribution in [0.25, 0.3) is 6.08 Å². The predicted octanol–water partition coefficient (Wildman–Crippen LogP) is 3.66. The highest BCUT2D eigenvalue weighted by molar-refractivity contribution is 14.1. The van der Waals surface area contributed by atoms with E-state index < -0.39 is 17.9 Å². The topological polar surface area (TPSA) is 105 Å². The normalized spacial score (nSPS) is 14.5. The smallest absolute Gasteiger partial charge is 0.335 e. The number of carboxylic acid groups (broad SMARTS) is 1. The van der Waals surface area contributed by atoms with Crippen molar-refractivity contribution < 1.29 is 29.0 Å². The van der Waals surface area contributed by atoms with Gasteiger partial charge in [-0.05, 0) is 64.1 Å². The Labute approximate surface area is 192 Å². The van der Waals surface area contributed by atoms with Crippen LogP contribution in [0.4, 0.5) is 4.79 Å². The highest BCUT2D eigenvalue weighted by Crippen LogP contribution is 2.35. The van der Waals surface area contributed by atoms with Crippen LogP contribution in [0.1, 0.15) is 21.5 Å². The molecule has 31 heavy (non-hydrogen) atoms. The van der Waals surface area contributed by atoms with Crippen LogP contribution in [0.2, 0.25) is 0 Å². The molecule has 0 unspecified atom stereocenters. The monoisotopic (exact) mass is 534 g/mol. The average Bonchev–Trinajstić information content (AvgIpc) is 3.00. The molecule has 1 fully saturated rings. The SMILES string of the molecule is C=CCN1C(=O)N/C(=C/c2cc(I)c(OCc3ccc(C(=O)O)cc3)c(OC)c2)C1=O. The number of ether oxygens (including phenoxy) is 2. The number of carbonyl (C=O) groups is 3. The maximum atomic E-state index is 12.4. The molecular formula is C22H19IN2O6. The van der Waals surface area contributed by atoms with E-state index in [0.29, 0.717) is 17.1 Å². The lowest BCUT2D eigenvalue weighted by molar-refractivity contribution is -0.122. The van der Waals surface area contributed by atoms with Crippen molar-refractivity contribution in [2.75, 3.05) is 13.7 Å². The van der Waals surface area contributed by atoms with E-state index in [2.05, 4.69) is 34.5 Å². The van der Waals surface area contributed by atoms with Gasteiger partial charge in [0.1, 0.15) is 12.3 Å². The number of urea groups is 1. The number of carbonyl (C=O) groups excluding carboxylic acids is 2. The number of rotatable bonds is 8. The van der Waals surface area contributed by atoms with Crippen LogP contribution in [-0.4, -0.2) is 41.6 Å². The van der Waals surface area contributed by atoms with E-state index in [4.69, 9.17) is 14.6 Å². The van der Waals surface area contributed by atoms with Gasteiger partial charge in [-0.1, -0.05) is 18.2 Å². The molecule has 3 amide bonds. The number of hydrogen-bond donors (Lipinski definition) is 2. The average molecular weight is 534 g/mol. The molecule has 8 nitrogen and oxygen atoms in total. The van der Waals surface area contributed by atoms with Crippen LogP contribution in [0.3, 0.4) is 0 Å². The molecule has 0 aromatic heterocycles. The summed E-state index contributed by atoms with van der Waals surface area (Å²) in [6.45, 7) is 3.89. The molecule has 0 bridgehead atoms. The Hall–Kier alpha value is -3.34. The number of methoxy groups -OCH3 is 1. The van der Waals surface area contributed by atoms with Gasteiger partial charge >= 0.3 is 12.0 Å². The Kier molecular flexibility index (Phi) is 6.95. The molecule has 0 spiro atoms. The van der Waals surface area contributed by atoms with E-state index >= 15 is 0 Å². The van der Waals surface area contributed by atoms with Crippen molar-refractivity contribution in [1.82, 2.24) is 10.2 Å². The second kappa shape index (κ2) is 9.65. The summed E-state index contributed by atoms with van der Waals surface area (Å²) in [4.78, 5) is 36.3. The first kappa shape index (κ1) is 22.3. The zero-order chi connectivity index (χ0) is 22.5. The van der Waals surface area contributed by atoms with Crippen molar-refractivity contribution >= 4 is 46.6 Å². The maximum absolute atomic E-state index is 12.4. The summed E-state index contributed by atoms with van der Waals surface area (Å²) in [6.07, 6.45) is 3.05. The number of amides is 3. The van der Waals surface area contributed by atoms with Gasteiger partial charge in [0.15, 0.2) is 11.5 Å². The molecule has 0 aliphatic carbocycles. The predicted molar refractivity (Wildman–Crippen MR) is 122 cm³/mol. The summed E-state index contributed by atoms with van der Waals surface area (Å²) in [5.41, 5.74) is 1.82. The number of benzene rings is 2. The van der Waals surface area contributed by atoms with E-state index in [-0.39, 0.29) is 24.4 Å². The lowest BCUT2D eigenvalue weighted by atomic mass is 10.1. The van der Waals surface area contributed by atoms with Crippen LogP contribution in [-0.2, 0) is 11.4 Å². The van der Waals surface area contributed by atoms with Gasteiger partial charge in [0.05, 0.1) is 16.2 Å². The lowest BCUT2D eigenvalue weighted by Crippen LogP contribution is -2.30. The molecule has 2 N–H and O–H groups in total. The molecule has 9 heteroatoms. The van der Waals surface area contributed by atoms with Crippen LogP contribution in [0, 0.1) is 3.57 Å². The van der Waals surface area contributed by atoms with Gasteiger partial charge in [-0.15, -0.1) is 6.58 Å². The fourth-order valence-corrected chi connectivity index (χ4v) is 3.68. The van der Waals surface area contributed by atoms with Gasteiger partial charge in [-0.25, -0.2) is 9.59 Å². The second-order valence-electron chi connectivity index (χ2n) is 6.52. The molecule has 3 rings (SSSR count). The fourth-order valence-electron chi connectivity index (χ4n) is 2.90. The first-order chi connectivity index (χ1) is 14.8. The van der Waals surface area contributed by atoms with E-state index in [1.54, 1.807) is 30.3 Å². The van der Waals surface area contributed by atoms with E-state index in [1.165, 1.54) is 25.3 Å². The molecule has 0 atom stereocenters. The Morgan fingerprint density at radius 2 is 1.97 bits per heavy atom. The van der Waals surface area contributed by atoms with Crippen molar-refractivity contribution in [3.05, 3.63) is 75.0 Å². The van der Waals surface area contributed by atoms with Gasteiger partial charge in [-0.3, -0.25) is 9.69 Å². The van der Waals surface area contributed by atoms with Gasteiger partial charge < -0.3 is 19.9 Å². The molecule has 1 aliphatic rings. The minimum absolute atomic E-state index is 0.128. The molecule has 0 saturated carbocycles. The van der Waals surface area contributed by atoms with Crippen molar-refractivity contribution in [2.24, 2.45) is 0 Å². The third-order valence-electron chi connectivity index (χ3n) is 4.42. The number of aromatic carboxylic acids is 1. The molecule has 160 valence electrons. The molecule has 2 aromatic carbocycles. The number of hydrogen-bond acceptors (Lipinski definition) is 5. The highest BCUT2D eigenvalue weighted by atomic mass is 127. The molecular weight excluding hydrogens is 515 g/mol. The number of halogens is 1. The highest BCUT2D eigenvalue weighted by Gasteiger charge is 2.32. The van der Waals surface area contributed by atoms with Crippen LogP contribution in [0.15, 0.2) is 54.8 Å². The maximum Gasteiger partial charge on any atom is 0.335 e. The fraction of sp³-hybridized carbons (Fsp3) is 0.136. The van der Waals surface area contributed by atoms with E-state index in [1.807, 2.05) is 0 Å². The molecule has 1 heterocycles. The standard InChI is InChI=1S/C22H19IN2O6/c1-3-8-25-20(26)17(24-22(25)29)10-14-9-16(23)19(18(11-14)30-2)31-12-13-4-6-15(7-5-13)21(27)28/h3-7,9-11H,1,8,12H2,2H3,(H,24,29)(H,27,28)/b17-10+. The zero-order valence-electron chi connectivity index (χ0n) is 16.6. The lowest BCUT2D eigenvalue weighted by Gasteiger charge is -2.14. The number of carboxylic acids is 1. The van der Waals surface area contributed by atoms with Crippen LogP contribution >= 0.6 is 22.6 Å². The van der Waals surface area contributed by atoms with Crippen molar-refractivity contribution in [3.8, 4) is 11.5 Å². The third kappa shape index (κ3) is 5.05. The second-order valence-corrected chi connectivity index (χ2v) is 7.68. The van der Waals surface area contributed by atoms with Gasteiger partial charge in [0.2, 0.25) is 0 Å². The third-order valence-corrected chi connectivity index (χ3v) is 5.22. The van der Waals surface area contributed by atoms with Crippen LogP contribution < -0.4 is 14.8 Å². The van der Waals surface area contributed by atoms with Gasteiger partial charge in [-0.2, -0.15) is 0 Å². The summed E-state index contributed by atoms with van der Waals surface area (Å²) in [5.74, 6) is -0.440. The molecule has 2 aromatic rings. The van der Waals surface area contributed by atoms with Crippen molar-refractivity contribution in [3.63, 3.8) is 0 Å². The summed E-state index contributed by atoms with van der Waals surface area (Å²) in [7, 11) is 1.51. The minimum Gasteiger partial charge on any atom is -0.493 e. The quantitative estimate of drug-likeness (QED) is 0.232. The number of nitrogens with zero attached hydrogens (tertiary/aromatic N) is 1. The van der Waals surface area contributed by atoms with Gasteiger partial charge in [0, 0.05) is 6.54 Å². The Morgan fingerprint density at radius 3 is 2.58 bits per heavy atom. The first-order valence-corrected chi connectivity index (χ1v) is 10.2. The Bertz CT molecular complexity index is 1080. The number of nitrogens with one attached hydrogen (secondary N) is 1. The summed E-state index contributed by atoms with van der Waals surface area (Å²) in [6, 6.07) is 9.41. The van der Waals surface area contributed by atoms with Crippen molar-refractivity contribution in [1.29, 1.82) is 0 Å². The Morgan fingerprint density at radius 1 is 1.26 bits per heavy atom. The molecule has 1 saturated heterocycles. The van der Waals surface area contributed by atoms with E-state index in [9.17, 15) is 14.4 Å². The molecule has 0 radical (unpaired) electrons. The van der Waals surface area contributed by atoms with Crippen molar-refractivity contribution in [2.45, 2.75) is 6.61 Å². The number of imide groups is 1.